The SMILES string of the molecule is COCCc1ccc(OCC(CO)OCO[C@@H](CO)COc2ccc(CCOC)cc2)cc1. The maximum Gasteiger partial charge on any atom is 0.148 e. The van der Waals surface area contributed by atoms with Gasteiger partial charge in [-0.2, -0.15) is 0 Å². The van der Waals surface area contributed by atoms with E-state index in [0.717, 1.165) is 24.0 Å². The van der Waals surface area contributed by atoms with Gasteiger partial charge in [-0.05, 0) is 48.2 Å². The van der Waals surface area contributed by atoms with E-state index in [2.05, 4.69) is 0 Å². The van der Waals surface area contributed by atoms with Gasteiger partial charge in [0.2, 0.25) is 0 Å². The number of aliphatic hydroxyl groups excluding tert-OH is 2. The van der Waals surface area contributed by atoms with E-state index in [1.165, 1.54) is 0 Å². The van der Waals surface area contributed by atoms with Crippen LogP contribution in [0, 0.1) is 0 Å². The van der Waals surface area contributed by atoms with E-state index >= 15 is 0 Å². The summed E-state index contributed by atoms with van der Waals surface area (Å²) in [4.78, 5) is 0. The normalized spacial score (nSPS) is 13.0. The van der Waals surface area contributed by atoms with Crippen molar-refractivity contribution in [3.05, 3.63) is 59.7 Å². The predicted molar refractivity (Wildman–Crippen MR) is 124 cm³/mol. The van der Waals surface area contributed by atoms with Gasteiger partial charge in [0.25, 0.3) is 0 Å². The topological polar surface area (TPSA) is 95.8 Å². The van der Waals surface area contributed by atoms with E-state index in [-0.39, 0.29) is 33.2 Å². The second-order valence-electron chi connectivity index (χ2n) is 7.46. The third-order valence-electron chi connectivity index (χ3n) is 4.92. The fourth-order valence-corrected chi connectivity index (χ4v) is 2.86. The molecule has 0 heterocycles. The quantitative estimate of drug-likeness (QED) is 0.324. The van der Waals surface area contributed by atoms with Crippen molar-refractivity contribution in [3.8, 4) is 11.5 Å². The van der Waals surface area contributed by atoms with Crippen molar-refractivity contribution in [1.29, 1.82) is 0 Å². The first-order valence-electron chi connectivity index (χ1n) is 11.0. The lowest BCUT2D eigenvalue weighted by Gasteiger charge is -2.20. The summed E-state index contributed by atoms with van der Waals surface area (Å²) in [5.41, 5.74) is 2.32. The van der Waals surface area contributed by atoms with Crippen LogP contribution in [0.1, 0.15) is 11.1 Å². The Balaban J connectivity index is 1.67. The molecule has 0 spiro atoms. The number of benzene rings is 2. The zero-order chi connectivity index (χ0) is 23.7. The minimum absolute atomic E-state index is 0.102. The third-order valence-corrected chi connectivity index (χ3v) is 4.92. The molecule has 8 heteroatoms. The molecule has 0 aliphatic rings. The molecule has 0 amide bonds. The van der Waals surface area contributed by atoms with Gasteiger partial charge in [0.05, 0.1) is 26.4 Å². The molecular formula is C25H36O8. The summed E-state index contributed by atoms with van der Waals surface area (Å²) < 4.78 is 32.6. The van der Waals surface area contributed by atoms with E-state index in [9.17, 15) is 10.2 Å². The molecule has 8 nitrogen and oxygen atoms in total. The molecule has 184 valence electrons. The summed E-state index contributed by atoms with van der Waals surface area (Å²) >= 11 is 0. The number of ether oxygens (including phenoxy) is 6. The van der Waals surface area contributed by atoms with Gasteiger partial charge >= 0.3 is 0 Å². The molecule has 2 N–H and O–H groups in total. The highest BCUT2D eigenvalue weighted by Gasteiger charge is 2.13. The van der Waals surface area contributed by atoms with Gasteiger partial charge < -0.3 is 38.6 Å². The molecule has 0 aliphatic heterocycles. The molecule has 1 unspecified atom stereocenters. The number of rotatable bonds is 18. The van der Waals surface area contributed by atoms with Crippen LogP contribution in [0.15, 0.2) is 48.5 Å². The Labute approximate surface area is 196 Å². The molecule has 2 aromatic carbocycles. The highest BCUT2D eigenvalue weighted by Crippen LogP contribution is 2.15. The molecule has 0 bridgehead atoms. The maximum atomic E-state index is 9.54. The van der Waals surface area contributed by atoms with Crippen molar-refractivity contribution in [3.63, 3.8) is 0 Å². The first kappa shape index (κ1) is 27.0. The van der Waals surface area contributed by atoms with E-state index in [0.29, 0.717) is 24.7 Å². The summed E-state index contributed by atoms with van der Waals surface area (Å²) in [5, 5.41) is 19.1. The van der Waals surface area contributed by atoms with Crippen LogP contribution in [0.5, 0.6) is 11.5 Å². The zero-order valence-electron chi connectivity index (χ0n) is 19.5. The Kier molecular flexibility index (Phi) is 13.5. The smallest absolute Gasteiger partial charge is 0.148 e. The minimum atomic E-state index is -0.557. The van der Waals surface area contributed by atoms with Crippen LogP contribution in [0.25, 0.3) is 0 Å². The largest absolute Gasteiger partial charge is 0.491 e. The molecule has 33 heavy (non-hydrogen) atoms. The summed E-state index contributed by atoms with van der Waals surface area (Å²) in [6.07, 6.45) is 0.564. The van der Waals surface area contributed by atoms with Crippen LogP contribution in [0.2, 0.25) is 0 Å². The fourth-order valence-electron chi connectivity index (χ4n) is 2.86. The van der Waals surface area contributed by atoms with Gasteiger partial charge in [-0.25, -0.2) is 0 Å². The van der Waals surface area contributed by atoms with E-state index in [1.54, 1.807) is 14.2 Å². The Hall–Kier alpha value is -2.20. The van der Waals surface area contributed by atoms with Gasteiger partial charge in [0.15, 0.2) is 0 Å². The Morgan fingerprint density at radius 2 is 1.03 bits per heavy atom. The van der Waals surface area contributed by atoms with Crippen molar-refractivity contribution < 1.29 is 38.6 Å². The average molecular weight is 465 g/mol. The standard InChI is InChI=1S/C25H36O8/c1-28-13-11-20-3-7-22(8-4-20)30-17-24(15-26)32-19-33-25(16-27)18-31-23-9-5-21(6-10-23)12-14-29-2/h3-10,24-27H,11-19H2,1-2H3/t24-,25?/m0/s1. The highest BCUT2D eigenvalue weighted by molar-refractivity contribution is 5.28. The lowest BCUT2D eigenvalue weighted by atomic mass is 10.1. The molecule has 0 fully saturated rings. The number of hydrogen-bond acceptors (Lipinski definition) is 8. The highest BCUT2D eigenvalue weighted by atomic mass is 16.7. The van der Waals surface area contributed by atoms with Gasteiger partial charge in [-0.15, -0.1) is 0 Å². The maximum absolute atomic E-state index is 9.54. The van der Waals surface area contributed by atoms with Crippen LogP contribution < -0.4 is 9.47 Å². The van der Waals surface area contributed by atoms with Crippen molar-refractivity contribution >= 4 is 0 Å². The molecule has 2 rings (SSSR count). The Bertz CT molecular complexity index is 672. The van der Waals surface area contributed by atoms with Crippen molar-refractivity contribution in [1.82, 2.24) is 0 Å². The summed E-state index contributed by atoms with van der Waals surface area (Å²) in [5.74, 6) is 1.38. The van der Waals surface area contributed by atoms with Crippen molar-refractivity contribution in [2.24, 2.45) is 0 Å². The monoisotopic (exact) mass is 464 g/mol. The van der Waals surface area contributed by atoms with Crippen LogP contribution in [-0.4, -0.2) is 83.1 Å². The number of aliphatic hydroxyl groups is 2. The zero-order valence-corrected chi connectivity index (χ0v) is 19.5. The Morgan fingerprint density at radius 1 is 0.636 bits per heavy atom. The van der Waals surface area contributed by atoms with Crippen LogP contribution >= 0.6 is 0 Å². The third kappa shape index (κ3) is 11.0. The van der Waals surface area contributed by atoms with Gasteiger partial charge in [-0.1, -0.05) is 24.3 Å². The molecular weight excluding hydrogens is 428 g/mol. The fraction of sp³-hybridized carbons (Fsp3) is 0.520. The van der Waals surface area contributed by atoms with E-state index < -0.39 is 12.2 Å². The summed E-state index contributed by atoms with van der Waals surface area (Å²) in [7, 11) is 3.35. The molecule has 2 atom stereocenters. The van der Waals surface area contributed by atoms with Crippen LogP contribution in [0.3, 0.4) is 0 Å². The summed E-state index contributed by atoms with van der Waals surface area (Å²) in [6, 6.07) is 15.4. The molecule has 0 aliphatic carbocycles. The molecule has 0 aromatic heterocycles. The number of hydrogen-bond donors (Lipinski definition) is 2. The van der Waals surface area contributed by atoms with Crippen molar-refractivity contribution in [2.75, 3.05) is 60.7 Å². The number of methoxy groups -OCH3 is 2. The van der Waals surface area contributed by atoms with Gasteiger partial charge in [0, 0.05) is 14.2 Å². The second kappa shape index (κ2) is 16.4. The molecule has 0 saturated heterocycles. The molecule has 0 radical (unpaired) electrons. The molecule has 2 aromatic rings. The van der Waals surface area contributed by atoms with Gasteiger partial charge in [-0.3, -0.25) is 0 Å². The average Bonchev–Trinajstić information content (AvgIpc) is 2.86. The first-order chi connectivity index (χ1) is 16.2. The first-order valence-corrected chi connectivity index (χ1v) is 11.0. The summed E-state index contributed by atoms with van der Waals surface area (Å²) in [6.45, 7) is 1.15. The van der Waals surface area contributed by atoms with Gasteiger partial charge in [0.1, 0.15) is 43.7 Å². The van der Waals surface area contributed by atoms with Crippen LogP contribution in [0.4, 0.5) is 0 Å². The minimum Gasteiger partial charge on any atom is -0.491 e. The lowest BCUT2D eigenvalue weighted by molar-refractivity contribution is -0.148. The molecule has 0 saturated carbocycles. The van der Waals surface area contributed by atoms with E-state index in [1.807, 2.05) is 48.5 Å². The van der Waals surface area contributed by atoms with E-state index in [4.69, 9.17) is 28.4 Å². The lowest BCUT2D eigenvalue weighted by Crippen LogP contribution is -2.31. The predicted octanol–water partition coefficient (Wildman–Crippen LogP) is 2.23. The Morgan fingerprint density at radius 3 is 1.36 bits per heavy atom. The van der Waals surface area contributed by atoms with Crippen LogP contribution in [-0.2, 0) is 31.8 Å². The van der Waals surface area contributed by atoms with Crippen molar-refractivity contribution in [2.45, 2.75) is 25.0 Å². The second-order valence-corrected chi connectivity index (χ2v) is 7.46.